The molecule has 0 aliphatic rings. The molecule has 0 aromatic carbocycles. The van der Waals surface area contributed by atoms with Gasteiger partial charge in [0.2, 0.25) is 0 Å². The maximum Gasteiger partial charge on any atom is 0.306 e. The fraction of sp³-hybridized carbons (Fsp3) is 0.865. The van der Waals surface area contributed by atoms with E-state index in [4.69, 9.17) is 14.2 Å². The van der Waals surface area contributed by atoms with Gasteiger partial charge >= 0.3 is 11.9 Å². The molecule has 0 N–H and O–H groups in total. The lowest BCUT2D eigenvalue weighted by atomic mass is 10.0. The molecule has 0 radical (unpaired) electrons. The zero-order valence-electron chi connectivity index (χ0n) is 40.1. The summed E-state index contributed by atoms with van der Waals surface area (Å²) < 4.78 is 17.2. The van der Waals surface area contributed by atoms with Gasteiger partial charge in [0.05, 0.1) is 40.3 Å². The van der Waals surface area contributed by atoms with E-state index in [2.05, 4.69) is 38.2 Å². The number of rotatable bonds is 46. The van der Waals surface area contributed by atoms with Crippen LogP contribution in [0, 0.1) is 0 Å². The first-order valence-electron chi connectivity index (χ1n) is 25.4. The van der Waals surface area contributed by atoms with E-state index in [0.29, 0.717) is 12.8 Å². The largest absolute Gasteiger partial charge is 0.544 e. The van der Waals surface area contributed by atoms with E-state index in [9.17, 15) is 19.5 Å². The average molecular weight is 848 g/mol. The van der Waals surface area contributed by atoms with Crippen molar-refractivity contribution in [2.45, 2.75) is 251 Å². The van der Waals surface area contributed by atoms with E-state index >= 15 is 0 Å². The molecule has 0 heterocycles. The number of unbranched alkanes of at least 4 members (excludes halogenated alkanes) is 28. The van der Waals surface area contributed by atoms with Crippen LogP contribution in [0.3, 0.4) is 0 Å². The van der Waals surface area contributed by atoms with Crippen LogP contribution in [0.25, 0.3) is 0 Å². The van der Waals surface area contributed by atoms with Crippen LogP contribution in [0.2, 0.25) is 0 Å². The number of aliphatic carboxylic acids is 1. The zero-order valence-corrected chi connectivity index (χ0v) is 40.1. The fourth-order valence-corrected chi connectivity index (χ4v) is 7.62. The fourth-order valence-electron chi connectivity index (χ4n) is 7.62. The van der Waals surface area contributed by atoms with E-state index in [1.807, 2.05) is 0 Å². The normalized spacial score (nSPS) is 13.0. The molecule has 0 aliphatic carbocycles. The van der Waals surface area contributed by atoms with Crippen molar-refractivity contribution in [3.63, 3.8) is 0 Å². The number of allylic oxidation sites excluding steroid dienone is 4. The van der Waals surface area contributed by atoms with Crippen LogP contribution >= 0.6 is 0 Å². The van der Waals surface area contributed by atoms with Crippen LogP contribution in [-0.4, -0.2) is 75.5 Å². The highest BCUT2D eigenvalue weighted by molar-refractivity contribution is 5.70. The third-order valence-electron chi connectivity index (χ3n) is 11.6. The number of carbonyl (C=O) groups excluding carboxylic acids is 3. The Hall–Kier alpha value is -2.19. The summed E-state index contributed by atoms with van der Waals surface area (Å²) in [7, 11) is 5.41. The molecule has 0 saturated carbocycles. The molecule has 0 amide bonds. The standard InChI is InChI=1S/C52H97NO7/c1-6-8-10-12-14-16-18-20-22-23-24-25-26-27-28-29-31-32-34-36-38-40-42-50(54)59-47-48(46-58-45-44-49(52(56)57)53(3,4)5)60-51(55)43-41-39-37-35-33-30-21-19-17-15-13-11-9-7-2/h13,15,19,21,48-49H,6-12,14,16-18,20,22-47H2,1-5H3/b15-13-,21-19-. The molecular weight excluding hydrogens is 751 g/mol. The number of quaternary nitrogens is 1. The zero-order chi connectivity index (χ0) is 44.2. The highest BCUT2D eigenvalue weighted by Crippen LogP contribution is 2.16. The van der Waals surface area contributed by atoms with Crippen molar-refractivity contribution >= 4 is 17.9 Å². The van der Waals surface area contributed by atoms with E-state index in [1.165, 1.54) is 141 Å². The monoisotopic (exact) mass is 848 g/mol. The van der Waals surface area contributed by atoms with Gasteiger partial charge in [-0.2, -0.15) is 0 Å². The first-order valence-corrected chi connectivity index (χ1v) is 25.4. The van der Waals surface area contributed by atoms with Gasteiger partial charge in [0.25, 0.3) is 0 Å². The number of likely N-dealkylation sites (N-methyl/N-ethyl adjacent to an activating group) is 1. The Morgan fingerprint density at radius 1 is 0.500 bits per heavy atom. The molecule has 0 aliphatic heterocycles. The number of esters is 2. The Morgan fingerprint density at radius 2 is 0.900 bits per heavy atom. The third kappa shape index (κ3) is 41.2. The van der Waals surface area contributed by atoms with E-state index in [1.54, 1.807) is 21.1 Å². The Morgan fingerprint density at radius 3 is 1.33 bits per heavy atom. The average Bonchev–Trinajstić information content (AvgIpc) is 3.21. The number of nitrogens with zero attached hydrogens (tertiary/aromatic N) is 1. The summed E-state index contributed by atoms with van der Waals surface area (Å²) in [5.41, 5.74) is 0. The molecular formula is C52H97NO7. The predicted octanol–water partition coefficient (Wildman–Crippen LogP) is 13.1. The van der Waals surface area contributed by atoms with Gasteiger partial charge in [-0.3, -0.25) is 9.59 Å². The van der Waals surface area contributed by atoms with E-state index in [0.717, 1.165) is 64.2 Å². The molecule has 0 saturated heterocycles. The van der Waals surface area contributed by atoms with Gasteiger partial charge in [-0.05, 0) is 38.5 Å². The summed E-state index contributed by atoms with van der Waals surface area (Å²) in [6.07, 6.45) is 49.3. The molecule has 2 atom stereocenters. The molecule has 60 heavy (non-hydrogen) atoms. The van der Waals surface area contributed by atoms with Gasteiger partial charge < -0.3 is 28.6 Å². The lowest BCUT2D eigenvalue weighted by molar-refractivity contribution is -0.889. The number of ether oxygens (including phenoxy) is 3. The van der Waals surface area contributed by atoms with Crippen LogP contribution < -0.4 is 5.11 Å². The summed E-state index contributed by atoms with van der Waals surface area (Å²) in [5.74, 6) is -1.74. The number of hydrogen-bond donors (Lipinski definition) is 0. The number of hydrogen-bond acceptors (Lipinski definition) is 7. The van der Waals surface area contributed by atoms with Crippen molar-refractivity contribution < 1.29 is 38.2 Å². The van der Waals surface area contributed by atoms with Crippen LogP contribution in [0.5, 0.6) is 0 Å². The molecule has 0 bridgehead atoms. The van der Waals surface area contributed by atoms with Gasteiger partial charge in [-0.25, -0.2) is 0 Å². The molecule has 0 spiro atoms. The van der Waals surface area contributed by atoms with Gasteiger partial charge in [0.15, 0.2) is 6.10 Å². The van der Waals surface area contributed by atoms with Crippen LogP contribution in [-0.2, 0) is 28.6 Å². The molecule has 0 aromatic heterocycles. The second-order valence-corrected chi connectivity index (χ2v) is 18.4. The molecule has 0 aromatic rings. The second kappa shape index (κ2) is 43.5. The van der Waals surface area contributed by atoms with Gasteiger partial charge in [-0.1, -0.05) is 205 Å². The summed E-state index contributed by atoms with van der Waals surface area (Å²) in [6.45, 7) is 4.64. The minimum Gasteiger partial charge on any atom is -0.544 e. The summed E-state index contributed by atoms with van der Waals surface area (Å²) >= 11 is 0. The number of carbonyl (C=O) groups is 3. The minimum absolute atomic E-state index is 0.0391. The van der Waals surface area contributed by atoms with Crippen LogP contribution in [0.4, 0.5) is 0 Å². The lowest BCUT2D eigenvalue weighted by Gasteiger charge is -2.34. The van der Waals surface area contributed by atoms with Crippen molar-refractivity contribution in [3.8, 4) is 0 Å². The van der Waals surface area contributed by atoms with Crippen molar-refractivity contribution in [2.75, 3.05) is 41.0 Å². The number of carboxylic acid groups (broad SMARTS) is 1. The van der Waals surface area contributed by atoms with Gasteiger partial charge in [0.1, 0.15) is 12.6 Å². The second-order valence-electron chi connectivity index (χ2n) is 18.4. The third-order valence-corrected chi connectivity index (χ3v) is 11.6. The van der Waals surface area contributed by atoms with E-state index < -0.39 is 18.1 Å². The van der Waals surface area contributed by atoms with Gasteiger partial charge in [-0.15, -0.1) is 0 Å². The predicted molar refractivity (Wildman–Crippen MR) is 250 cm³/mol. The van der Waals surface area contributed by atoms with Crippen LogP contribution in [0.1, 0.15) is 239 Å². The lowest BCUT2D eigenvalue weighted by Crippen LogP contribution is -2.55. The highest BCUT2D eigenvalue weighted by atomic mass is 16.6. The van der Waals surface area contributed by atoms with Crippen molar-refractivity contribution in [1.82, 2.24) is 0 Å². The first-order chi connectivity index (χ1) is 29.1. The number of carboxylic acids is 1. The molecule has 352 valence electrons. The van der Waals surface area contributed by atoms with Gasteiger partial charge in [0, 0.05) is 19.3 Å². The molecule has 8 heteroatoms. The minimum atomic E-state index is -1.12. The quantitative estimate of drug-likeness (QED) is 0.0260. The smallest absolute Gasteiger partial charge is 0.306 e. The maximum atomic E-state index is 12.7. The van der Waals surface area contributed by atoms with Crippen molar-refractivity contribution in [1.29, 1.82) is 0 Å². The van der Waals surface area contributed by atoms with Crippen LogP contribution in [0.15, 0.2) is 24.3 Å². The Bertz CT molecular complexity index is 1040. The molecule has 0 rings (SSSR count). The molecule has 2 unspecified atom stereocenters. The van der Waals surface area contributed by atoms with Crippen molar-refractivity contribution in [3.05, 3.63) is 24.3 Å². The Labute approximate surface area is 371 Å². The maximum absolute atomic E-state index is 12.7. The Balaban J connectivity index is 4.18. The molecule has 8 nitrogen and oxygen atoms in total. The Kier molecular flexibility index (Phi) is 41.9. The first kappa shape index (κ1) is 57.8. The van der Waals surface area contributed by atoms with Crippen molar-refractivity contribution in [2.24, 2.45) is 0 Å². The summed E-state index contributed by atoms with van der Waals surface area (Å²) in [5, 5.41) is 11.6. The summed E-state index contributed by atoms with van der Waals surface area (Å²) in [6, 6.07) is -0.726. The summed E-state index contributed by atoms with van der Waals surface area (Å²) in [4.78, 5) is 37.0. The molecule has 0 fully saturated rings. The SMILES string of the molecule is CCCC/C=C\C/C=C\CCCCCCCC(=O)OC(COCCC(C(=O)[O-])[N+](C)(C)C)COC(=O)CCCCCCCCCCCCCCCCCCCCCCCC. The highest BCUT2D eigenvalue weighted by Gasteiger charge is 2.25. The van der Waals surface area contributed by atoms with E-state index in [-0.39, 0.29) is 42.7 Å². The topological polar surface area (TPSA) is 102 Å².